The molecule has 2 aromatic rings. The van der Waals surface area contributed by atoms with Crippen LogP contribution in [0, 0.1) is 0 Å². The molecule has 2 N–H and O–H groups in total. The van der Waals surface area contributed by atoms with Crippen LogP contribution in [0.25, 0.3) is 10.2 Å². The first-order chi connectivity index (χ1) is 8.72. The third-order valence-corrected chi connectivity index (χ3v) is 4.95. The second-order valence-electron chi connectivity index (χ2n) is 4.35. The van der Waals surface area contributed by atoms with E-state index in [9.17, 15) is 4.21 Å². The molecule has 0 amide bonds. The molecule has 1 heterocycles. The number of hydrogen-bond acceptors (Lipinski definition) is 3. The normalized spacial score (nSPS) is 13.0. The lowest BCUT2D eigenvalue weighted by Crippen LogP contribution is -2.01. The molecule has 1 atom stereocenters. The molecule has 0 aliphatic heterocycles. The Balaban J connectivity index is 2.19. The molecule has 3 nitrogen and oxygen atoms in total. The highest BCUT2D eigenvalue weighted by atomic mass is 32.2. The summed E-state index contributed by atoms with van der Waals surface area (Å²) in [5.74, 6) is 0. The van der Waals surface area contributed by atoms with Gasteiger partial charge in [-0.25, -0.2) is 14.3 Å². The van der Waals surface area contributed by atoms with Crippen molar-refractivity contribution in [1.82, 2.24) is 4.98 Å². The number of para-hydroxylation sites is 1. The summed E-state index contributed by atoms with van der Waals surface area (Å²) in [4.78, 5) is 4.40. The van der Waals surface area contributed by atoms with E-state index in [1.165, 1.54) is 42.6 Å². The Morgan fingerprint density at radius 2 is 2.17 bits per heavy atom. The van der Waals surface area contributed by atoms with Crippen LogP contribution in [-0.4, -0.2) is 9.19 Å². The maximum absolute atomic E-state index is 11.3. The Hall–Kier alpha value is -0.780. The Morgan fingerprint density at radius 3 is 2.89 bits per heavy atom. The molecule has 0 aliphatic carbocycles. The highest BCUT2D eigenvalue weighted by molar-refractivity contribution is 7.85. The Kier molecular flexibility index (Phi) is 4.86. The predicted molar refractivity (Wildman–Crippen MR) is 78.1 cm³/mol. The summed E-state index contributed by atoms with van der Waals surface area (Å²) in [6.45, 7) is 2.21. The van der Waals surface area contributed by atoms with Gasteiger partial charge in [0.15, 0.2) is 15.3 Å². The first-order valence-electron chi connectivity index (χ1n) is 6.27. The maximum atomic E-state index is 11.3. The summed E-state index contributed by atoms with van der Waals surface area (Å²) in [5, 5.41) is 5.39. The van der Waals surface area contributed by atoms with Crippen LogP contribution >= 0.6 is 11.3 Å². The molecule has 5 heteroatoms. The lowest BCUT2D eigenvalue weighted by atomic mass is 10.1. The monoisotopic (exact) mass is 282 g/mol. The highest BCUT2D eigenvalue weighted by Gasteiger charge is 2.10. The lowest BCUT2D eigenvalue weighted by molar-refractivity contribution is 0.668. The highest BCUT2D eigenvalue weighted by Crippen LogP contribution is 2.27. The number of thiazole rings is 1. The number of nitrogens with two attached hydrogens (primary N) is 1. The Bertz CT molecular complexity index is 551. The number of fused-ring (bicyclic) bond motifs is 1. The summed E-state index contributed by atoms with van der Waals surface area (Å²) >= 11 is 1.43. The second-order valence-corrected chi connectivity index (χ2v) is 6.62. The Labute approximate surface area is 114 Å². The van der Waals surface area contributed by atoms with Crippen LogP contribution in [0.5, 0.6) is 0 Å². The minimum Gasteiger partial charge on any atom is -0.246 e. The second kappa shape index (κ2) is 6.41. The van der Waals surface area contributed by atoms with Crippen LogP contribution in [0.2, 0.25) is 0 Å². The molecular formula is C13H18N2OS2. The molecule has 0 radical (unpaired) electrons. The molecule has 0 aliphatic rings. The fraction of sp³-hybridized carbons (Fsp3) is 0.462. The predicted octanol–water partition coefficient (Wildman–Crippen LogP) is 3.40. The van der Waals surface area contributed by atoms with Gasteiger partial charge in [0.1, 0.15) is 0 Å². The average Bonchev–Trinajstić information content (AvgIpc) is 2.79. The third kappa shape index (κ3) is 3.16. The molecule has 0 saturated carbocycles. The molecule has 2 rings (SSSR count). The van der Waals surface area contributed by atoms with Crippen LogP contribution in [0.4, 0.5) is 0 Å². The van der Waals surface area contributed by atoms with Gasteiger partial charge in [0.25, 0.3) is 0 Å². The van der Waals surface area contributed by atoms with E-state index in [1.54, 1.807) is 0 Å². The molecule has 0 saturated heterocycles. The van der Waals surface area contributed by atoms with Crippen molar-refractivity contribution in [3.8, 4) is 0 Å². The van der Waals surface area contributed by atoms with E-state index >= 15 is 0 Å². The molecule has 18 heavy (non-hydrogen) atoms. The van der Waals surface area contributed by atoms with Crippen molar-refractivity contribution in [3.05, 3.63) is 23.8 Å². The van der Waals surface area contributed by atoms with Gasteiger partial charge in [0.05, 0.1) is 10.2 Å². The minimum atomic E-state index is -1.47. The van der Waals surface area contributed by atoms with Gasteiger partial charge in [0, 0.05) is 0 Å². The van der Waals surface area contributed by atoms with Crippen molar-refractivity contribution < 1.29 is 4.21 Å². The van der Waals surface area contributed by atoms with Gasteiger partial charge in [-0.1, -0.05) is 38.3 Å². The van der Waals surface area contributed by atoms with Gasteiger partial charge in [-0.2, -0.15) is 0 Å². The van der Waals surface area contributed by atoms with Gasteiger partial charge in [-0.15, -0.1) is 11.3 Å². The Morgan fingerprint density at radius 1 is 1.33 bits per heavy atom. The van der Waals surface area contributed by atoms with E-state index in [-0.39, 0.29) is 0 Å². The zero-order valence-electron chi connectivity index (χ0n) is 10.5. The van der Waals surface area contributed by atoms with E-state index in [2.05, 4.69) is 18.0 Å². The van der Waals surface area contributed by atoms with E-state index in [4.69, 9.17) is 5.14 Å². The van der Waals surface area contributed by atoms with Crippen LogP contribution in [-0.2, 0) is 17.4 Å². The van der Waals surface area contributed by atoms with Crippen molar-refractivity contribution in [2.75, 3.05) is 0 Å². The molecule has 0 spiro atoms. The number of aromatic nitrogens is 1. The maximum Gasteiger partial charge on any atom is 0.197 e. The summed E-state index contributed by atoms with van der Waals surface area (Å²) in [7, 11) is -1.47. The summed E-state index contributed by atoms with van der Waals surface area (Å²) in [6.07, 6.45) is 6.01. The van der Waals surface area contributed by atoms with Gasteiger partial charge in [-0.3, -0.25) is 0 Å². The molecule has 98 valence electrons. The number of aryl methyl sites for hydroxylation is 1. The number of unbranched alkanes of at least 4 members (excludes halogenated alkanes) is 3. The van der Waals surface area contributed by atoms with Crippen molar-refractivity contribution >= 4 is 32.5 Å². The smallest absolute Gasteiger partial charge is 0.197 e. The van der Waals surface area contributed by atoms with E-state index in [0.717, 1.165) is 16.6 Å². The third-order valence-electron chi connectivity index (χ3n) is 2.95. The van der Waals surface area contributed by atoms with E-state index in [0.29, 0.717) is 4.34 Å². The largest absolute Gasteiger partial charge is 0.246 e. The number of rotatable bonds is 6. The van der Waals surface area contributed by atoms with E-state index in [1.807, 2.05) is 12.1 Å². The summed E-state index contributed by atoms with van der Waals surface area (Å²) in [5.41, 5.74) is 2.23. The first-order valence-corrected chi connectivity index (χ1v) is 8.30. The van der Waals surface area contributed by atoms with Crippen LogP contribution in [0.1, 0.15) is 38.2 Å². The lowest BCUT2D eigenvalue weighted by Gasteiger charge is -2.01. The van der Waals surface area contributed by atoms with Crippen LogP contribution < -0.4 is 5.14 Å². The number of nitrogens with zero attached hydrogens (tertiary/aromatic N) is 1. The van der Waals surface area contributed by atoms with Gasteiger partial charge in [-0.05, 0) is 24.5 Å². The van der Waals surface area contributed by atoms with Crippen LogP contribution in [0.3, 0.4) is 0 Å². The van der Waals surface area contributed by atoms with Gasteiger partial charge < -0.3 is 0 Å². The van der Waals surface area contributed by atoms with Crippen molar-refractivity contribution in [3.63, 3.8) is 0 Å². The van der Waals surface area contributed by atoms with Gasteiger partial charge >= 0.3 is 0 Å². The number of benzene rings is 1. The molecule has 0 fully saturated rings. The molecule has 1 unspecified atom stereocenters. The molecule has 1 aromatic carbocycles. The number of hydrogen-bond donors (Lipinski definition) is 1. The van der Waals surface area contributed by atoms with E-state index < -0.39 is 11.0 Å². The average molecular weight is 282 g/mol. The standard InChI is InChI=1S/C13H18N2OS2/c1-2-3-4-5-7-10-8-6-9-11-12(10)15-13(17-11)18(14)16/h6,8-9H,2-5,7,14H2,1H3. The summed E-state index contributed by atoms with van der Waals surface area (Å²) < 4.78 is 12.9. The van der Waals surface area contributed by atoms with Gasteiger partial charge in [0.2, 0.25) is 0 Å². The molecular weight excluding hydrogens is 264 g/mol. The topological polar surface area (TPSA) is 56.0 Å². The van der Waals surface area contributed by atoms with Crippen molar-refractivity contribution in [2.24, 2.45) is 5.14 Å². The van der Waals surface area contributed by atoms with Crippen molar-refractivity contribution in [1.29, 1.82) is 0 Å². The zero-order chi connectivity index (χ0) is 13.0. The quantitative estimate of drug-likeness (QED) is 0.826. The summed E-state index contributed by atoms with van der Waals surface area (Å²) in [6, 6.07) is 6.16. The molecule has 1 aromatic heterocycles. The van der Waals surface area contributed by atoms with Crippen molar-refractivity contribution in [2.45, 2.75) is 43.4 Å². The SMILES string of the molecule is CCCCCCc1cccc2sc(S(N)=O)nc12. The zero-order valence-corrected chi connectivity index (χ0v) is 12.1. The first kappa shape index (κ1) is 13.6. The van der Waals surface area contributed by atoms with Crippen LogP contribution in [0.15, 0.2) is 22.5 Å². The minimum absolute atomic E-state index is 0.519. The fourth-order valence-corrected chi connectivity index (χ4v) is 3.54. The molecule has 0 bridgehead atoms. The fourth-order valence-electron chi connectivity index (χ4n) is 2.02.